The second kappa shape index (κ2) is 11.0. The number of carbonyl (C=O) groups excluding carboxylic acids is 1. The van der Waals surface area contributed by atoms with E-state index in [2.05, 4.69) is 41.4 Å². The van der Waals surface area contributed by atoms with E-state index in [0.29, 0.717) is 21.4 Å². The normalized spacial score (nSPS) is 10.3. The molecule has 1 radical (unpaired) electrons. The molecule has 2 aromatic rings. The third-order valence-corrected chi connectivity index (χ3v) is 4.21. The topological polar surface area (TPSA) is 152 Å². The van der Waals surface area contributed by atoms with Gasteiger partial charge < -0.3 is 28.3 Å². The number of hydrogen-bond donors (Lipinski definition) is 4. The number of anilines is 3. The third-order valence-electron chi connectivity index (χ3n) is 3.14. The van der Waals surface area contributed by atoms with Gasteiger partial charge in [-0.3, -0.25) is 4.79 Å². The Morgan fingerprint density at radius 1 is 1.41 bits per heavy atom. The molecule has 0 aliphatic rings. The molecule has 0 fully saturated rings. The van der Waals surface area contributed by atoms with Gasteiger partial charge in [-0.15, -0.1) is 11.3 Å². The van der Waals surface area contributed by atoms with Crippen LogP contribution in [0.15, 0.2) is 17.6 Å². The first-order valence-corrected chi connectivity index (χ1v) is 8.85. The van der Waals surface area contributed by atoms with Crippen molar-refractivity contribution in [2.45, 2.75) is 27.2 Å². The van der Waals surface area contributed by atoms with Gasteiger partial charge in [0.15, 0.2) is 11.5 Å². The van der Waals surface area contributed by atoms with E-state index in [9.17, 15) is 4.79 Å². The van der Waals surface area contributed by atoms with Crippen LogP contribution >= 0.6 is 23.6 Å². The maximum Gasteiger partial charge on any atom is 0.271 e. The molecule has 11 heteroatoms. The van der Waals surface area contributed by atoms with Crippen molar-refractivity contribution in [3.8, 4) is 0 Å². The molecular formula is C16H23N7OS2Y-2. The number of hydrogen-bond acceptors (Lipinski definition) is 7. The first-order chi connectivity index (χ1) is 11.7. The van der Waals surface area contributed by atoms with Crippen molar-refractivity contribution in [3.63, 3.8) is 0 Å². The Morgan fingerprint density at radius 3 is 2.59 bits per heavy atom. The SMILES string of the molecule is CC(C)(C)C[CH-]Nc1cnc(C(N)=O)c(NC(=S)c2ccsc2N)n1.[NH2-].[Y]. The van der Waals surface area contributed by atoms with Crippen molar-refractivity contribution >= 4 is 51.1 Å². The minimum Gasteiger partial charge on any atom is -0.693 e. The van der Waals surface area contributed by atoms with E-state index in [0.717, 1.165) is 6.42 Å². The van der Waals surface area contributed by atoms with Crippen LogP contribution in [0.1, 0.15) is 43.2 Å². The molecule has 27 heavy (non-hydrogen) atoms. The number of rotatable bonds is 6. The molecule has 0 saturated heterocycles. The number of aromatic nitrogens is 2. The Morgan fingerprint density at radius 2 is 2.07 bits per heavy atom. The summed E-state index contributed by atoms with van der Waals surface area (Å²) in [5.74, 6) is -0.0172. The van der Waals surface area contributed by atoms with Crippen molar-refractivity contribution in [1.82, 2.24) is 9.97 Å². The Hall–Kier alpha value is -1.20. The predicted octanol–water partition coefficient (Wildman–Crippen LogP) is 3.73. The summed E-state index contributed by atoms with van der Waals surface area (Å²) in [6.45, 7) is 8.28. The zero-order valence-electron chi connectivity index (χ0n) is 15.4. The molecule has 145 valence electrons. The molecule has 0 atom stereocenters. The number of thiocarbonyl (C=S) groups is 1. The number of carbonyl (C=O) groups is 1. The van der Waals surface area contributed by atoms with Crippen LogP contribution in [0.5, 0.6) is 0 Å². The Labute approximate surface area is 193 Å². The average molecular weight is 482 g/mol. The van der Waals surface area contributed by atoms with Crippen molar-refractivity contribution in [2.24, 2.45) is 11.1 Å². The molecule has 0 unspecified atom stereocenters. The summed E-state index contributed by atoms with van der Waals surface area (Å²) in [5, 5.41) is 8.40. The molecule has 0 aromatic carbocycles. The largest absolute Gasteiger partial charge is 0.693 e. The number of amides is 1. The zero-order valence-corrected chi connectivity index (χ0v) is 19.9. The van der Waals surface area contributed by atoms with Crippen molar-refractivity contribution in [2.75, 3.05) is 16.4 Å². The average Bonchev–Trinajstić information content (AvgIpc) is 2.92. The van der Waals surface area contributed by atoms with Gasteiger partial charge in [-0.05, 0) is 11.4 Å². The first-order valence-electron chi connectivity index (χ1n) is 7.57. The van der Waals surface area contributed by atoms with Crippen LogP contribution in [0, 0.1) is 12.0 Å². The predicted molar refractivity (Wildman–Crippen MR) is 112 cm³/mol. The van der Waals surface area contributed by atoms with E-state index in [1.54, 1.807) is 6.07 Å². The minimum absolute atomic E-state index is 0. The van der Waals surface area contributed by atoms with Crippen LogP contribution in [0.2, 0.25) is 0 Å². The quantitative estimate of drug-likeness (QED) is 0.361. The van der Waals surface area contributed by atoms with Crippen LogP contribution in [0.25, 0.3) is 6.15 Å². The van der Waals surface area contributed by atoms with Gasteiger partial charge in [-0.1, -0.05) is 38.4 Å². The molecule has 8 nitrogen and oxygen atoms in total. The summed E-state index contributed by atoms with van der Waals surface area (Å²) in [5.41, 5.74) is 12.1. The summed E-state index contributed by atoms with van der Waals surface area (Å²) in [6, 6.07) is 1.80. The molecule has 2 rings (SSSR count). The number of primary amides is 1. The summed E-state index contributed by atoms with van der Waals surface area (Å²) >= 11 is 6.71. The molecule has 0 aliphatic carbocycles. The smallest absolute Gasteiger partial charge is 0.271 e. The maximum absolute atomic E-state index is 11.6. The maximum atomic E-state index is 11.6. The summed E-state index contributed by atoms with van der Waals surface area (Å²) in [6.07, 6.45) is 2.28. The second-order valence-electron chi connectivity index (χ2n) is 6.58. The molecule has 0 bridgehead atoms. The molecule has 8 N–H and O–H groups in total. The van der Waals surface area contributed by atoms with Gasteiger partial charge in [0, 0.05) is 38.3 Å². The van der Waals surface area contributed by atoms with Gasteiger partial charge in [0.2, 0.25) is 0 Å². The monoisotopic (exact) mass is 482 g/mol. The summed E-state index contributed by atoms with van der Waals surface area (Å²) in [4.78, 5) is 20.4. The van der Waals surface area contributed by atoms with Gasteiger partial charge in [0.25, 0.3) is 5.91 Å². The van der Waals surface area contributed by atoms with E-state index in [1.165, 1.54) is 17.5 Å². The van der Waals surface area contributed by atoms with E-state index >= 15 is 0 Å². The van der Waals surface area contributed by atoms with Gasteiger partial charge in [0.1, 0.15) is 10.8 Å². The minimum atomic E-state index is -0.693. The molecule has 0 spiro atoms. The van der Waals surface area contributed by atoms with Crippen LogP contribution in [0.3, 0.4) is 0 Å². The van der Waals surface area contributed by atoms with Crippen LogP contribution in [-0.2, 0) is 32.7 Å². The van der Waals surface area contributed by atoms with Crippen molar-refractivity contribution < 1.29 is 37.5 Å². The van der Waals surface area contributed by atoms with Gasteiger partial charge in [-0.25, -0.2) is 16.5 Å². The molecular weight excluding hydrogens is 459 g/mol. The summed E-state index contributed by atoms with van der Waals surface area (Å²) in [7, 11) is 0. The molecule has 2 heterocycles. The second-order valence-corrected chi connectivity index (χ2v) is 7.94. The fraction of sp³-hybridized carbons (Fsp3) is 0.312. The molecule has 2 aromatic heterocycles. The first kappa shape index (κ1) is 25.8. The fourth-order valence-corrected chi connectivity index (χ4v) is 2.86. The number of nitrogen functional groups attached to an aromatic ring is 1. The third kappa shape index (κ3) is 7.75. The Bertz CT molecular complexity index is 789. The van der Waals surface area contributed by atoms with Crippen LogP contribution in [0.4, 0.5) is 16.6 Å². The number of nitrogens with two attached hydrogens (primary N) is 3. The van der Waals surface area contributed by atoms with Gasteiger partial charge in [-0.2, -0.15) is 6.42 Å². The zero-order chi connectivity index (χ0) is 18.6. The van der Waals surface area contributed by atoms with E-state index in [4.69, 9.17) is 23.7 Å². The summed E-state index contributed by atoms with van der Waals surface area (Å²) < 4.78 is 0. The molecule has 0 aliphatic heterocycles. The van der Waals surface area contributed by atoms with Crippen molar-refractivity contribution in [3.05, 3.63) is 41.6 Å². The van der Waals surface area contributed by atoms with Crippen LogP contribution in [-0.4, -0.2) is 20.9 Å². The molecule has 1 amide bonds. The Balaban J connectivity index is 0.00000338. The van der Waals surface area contributed by atoms with Crippen molar-refractivity contribution in [1.29, 1.82) is 0 Å². The standard InChI is InChI=1S/C16H21N6OS2.H2N.Y/c1-16(2,3)5-6-19-10-8-20-11(12(17)23)14(21-10)22-15(24)9-4-7-25-13(9)18;;/h4,6-8H,5,18H2,1-3H3,(H2,17,23)(H2,19,21,22,24);1H2;/q2*-1;. The number of thiophene rings is 1. The van der Waals surface area contributed by atoms with E-state index < -0.39 is 5.91 Å². The fourth-order valence-electron chi connectivity index (χ4n) is 1.87. The van der Waals surface area contributed by atoms with Crippen LogP contribution < -0.4 is 22.1 Å². The van der Waals surface area contributed by atoms with E-state index in [-0.39, 0.29) is 55.8 Å². The van der Waals surface area contributed by atoms with Gasteiger partial charge in [0.05, 0.1) is 11.2 Å². The Kier molecular flexibility index (Phi) is 10.5. The number of nitrogens with one attached hydrogen (secondary N) is 2. The van der Waals surface area contributed by atoms with Gasteiger partial charge >= 0.3 is 0 Å². The molecule has 0 saturated carbocycles. The van der Waals surface area contributed by atoms with E-state index in [1.807, 2.05) is 11.9 Å². The number of nitrogens with zero attached hydrogens (tertiary/aromatic N) is 2.